The van der Waals surface area contributed by atoms with Crippen LogP contribution < -0.4 is 0 Å². The van der Waals surface area contributed by atoms with E-state index >= 15 is 0 Å². The number of halogens is 2. The van der Waals surface area contributed by atoms with E-state index in [0.717, 1.165) is 27.2 Å². The van der Waals surface area contributed by atoms with Gasteiger partial charge in [0, 0.05) is 23.7 Å². The fourth-order valence-electron chi connectivity index (χ4n) is 1.85. The normalized spacial score (nSPS) is 10.9. The van der Waals surface area contributed by atoms with E-state index in [1.54, 1.807) is 7.11 Å². The van der Waals surface area contributed by atoms with Gasteiger partial charge >= 0.3 is 0 Å². The van der Waals surface area contributed by atoms with E-state index in [2.05, 4.69) is 32.2 Å². The zero-order chi connectivity index (χ0) is 13.8. The van der Waals surface area contributed by atoms with Gasteiger partial charge < -0.3 is 9.30 Å². The van der Waals surface area contributed by atoms with Crippen LogP contribution in [-0.2, 0) is 17.2 Å². The fourth-order valence-corrected chi connectivity index (χ4v) is 2.29. The minimum Gasteiger partial charge on any atom is -0.383 e. The summed E-state index contributed by atoms with van der Waals surface area (Å²) in [6.07, 6.45) is 0. The lowest BCUT2D eigenvalue weighted by atomic mass is 10.1. The van der Waals surface area contributed by atoms with Crippen LogP contribution >= 0.6 is 27.5 Å². The Labute approximate surface area is 125 Å². The van der Waals surface area contributed by atoms with Crippen LogP contribution in [-0.4, -0.2) is 28.5 Å². The van der Waals surface area contributed by atoms with Crippen molar-refractivity contribution < 1.29 is 4.74 Å². The summed E-state index contributed by atoms with van der Waals surface area (Å²) in [4.78, 5) is 0. The van der Waals surface area contributed by atoms with Crippen LogP contribution in [0.25, 0.3) is 11.4 Å². The molecule has 102 valence electrons. The highest BCUT2D eigenvalue weighted by atomic mass is 79.9. The van der Waals surface area contributed by atoms with Crippen LogP contribution in [0.3, 0.4) is 0 Å². The molecule has 0 N–H and O–H groups in total. The number of alkyl halides is 1. The predicted molar refractivity (Wildman–Crippen MR) is 79.3 cm³/mol. The van der Waals surface area contributed by atoms with Gasteiger partial charge in [-0.3, -0.25) is 0 Å². The van der Waals surface area contributed by atoms with Crippen molar-refractivity contribution in [3.63, 3.8) is 0 Å². The van der Waals surface area contributed by atoms with Crippen LogP contribution in [0.15, 0.2) is 22.7 Å². The largest absolute Gasteiger partial charge is 0.383 e. The first-order valence-corrected chi connectivity index (χ1v) is 7.23. The third-order valence-corrected chi connectivity index (χ3v) is 4.01. The Balaban J connectivity index is 2.42. The molecule has 0 radical (unpaired) electrons. The van der Waals surface area contributed by atoms with Crippen molar-refractivity contribution in [3.05, 3.63) is 34.1 Å². The van der Waals surface area contributed by atoms with Gasteiger partial charge in [0.1, 0.15) is 5.82 Å². The van der Waals surface area contributed by atoms with E-state index < -0.39 is 0 Å². The standard InChI is InChI=1S/C13H15BrClN3O/c1-9-7-10(3-4-11(9)14)13-17-16-12(8-15)18(13)5-6-19-2/h3-4,7H,5-6,8H2,1-2H3. The molecule has 0 saturated heterocycles. The average Bonchev–Trinajstić information content (AvgIpc) is 2.82. The van der Waals surface area contributed by atoms with Crippen molar-refractivity contribution in [2.45, 2.75) is 19.3 Å². The summed E-state index contributed by atoms with van der Waals surface area (Å²) in [6.45, 7) is 3.34. The van der Waals surface area contributed by atoms with E-state index in [1.807, 2.05) is 23.6 Å². The summed E-state index contributed by atoms with van der Waals surface area (Å²) in [5.41, 5.74) is 2.19. The number of methoxy groups -OCH3 is 1. The molecule has 6 heteroatoms. The summed E-state index contributed by atoms with van der Waals surface area (Å²) in [5.74, 6) is 1.92. The second kappa shape index (κ2) is 6.50. The van der Waals surface area contributed by atoms with Crippen molar-refractivity contribution in [3.8, 4) is 11.4 Å². The molecular formula is C13H15BrClN3O. The van der Waals surface area contributed by atoms with Crippen molar-refractivity contribution in [2.75, 3.05) is 13.7 Å². The topological polar surface area (TPSA) is 39.9 Å². The molecule has 1 aromatic heterocycles. The molecule has 4 nitrogen and oxygen atoms in total. The zero-order valence-corrected chi connectivity index (χ0v) is 13.2. The Morgan fingerprint density at radius 2 is 2.16 bits per heavy atom. The Morgan fingerprint density at radius 3 is 2.79 bits per heavy atom. The molecule has 0 saturated carbocycles. The predicted octanol–water partition coefficient (Wildman–Crippen LogP) is 3.40. The SMILES string of the molecule is COCCn1c(CCl)nnc1-c1ccc(Br)c(C)c1. The molecule has 0 bridgehead atoms. The molecule has 0 amide bonds. The van der Waals surface area contributed by atoms with Crippen molar-refractivity contribution in [1.82, 2.24) is 14.8 Å². The Hall–Kier alpha value is -0.910. The molecule has 1 heterocycles. The van der Waals surface area contributed by atoms with E-state index in [1.165, 1.54) is 0 Å². The first-order chi connectivity index (χ1) is 9.17. The molecule has 2 rings (SSSR count). The van der Waals surface area contributed by atoms with Gasteiger partial charge in [0.05, 0.1) is 12.5 Å². The van der Waals surface area contributed by atoms with E-state index in [4.69, 9.17) is 16.3 Å². The maximum atomic E-state index is 5.90. The van der Waals surface area contributed by atoms with Crippen LogP contribution in [0.1, 0.15) is 11.4 Å². The van der Waals surface area contributed by atoms with E-state index in [0.29, 0.717) is 19.0 Å². The minimum atomic E-state index is 0.340. The summed E-state index contributed by atoms with van der Waals surface area (Å²) < 4.78 is 8.20. The number of nitrogens with zero attached hydrogens (tertiary/aromatic N) is 3. The summed E-state index contributed by atoms with van der Waals surface area (Å²) in [6, 6.07) is 6.11. The number of hydrogen-bond acceptors (Lipinski definition) is 3. The number of rotatable bonds is 5. The third-order valence-electron chi connectivity index (χ3n) is 2.88. The number of hydrogen-bond donors (Lipinski definition) is 0. The molecule has 0 spiro atoms. The van der Waals surface area contributed by atoms with Gasteiger partial charge in [-0.15, -0.1) is 21.8 Å². The van der Waals surface area contributed by atoms with Gasteiger partial charge in [-0.05, 0) is 24.6 Å². The first-order valence-electron chi connectivity index (χ1n) is 5.91. The molecule has 1 aromatic carbocycles. The number of aromatic nitrogens is 3. The molecule has 2 aromatic rings. The number of benzene rings is 1. The van der Waals surface area contributed by atoms with Gasteiger partial charge in [0.15, 0.2) is 5.82 Å². The van der Waals surface area contributed by atoms with Crippen LogP contribution in [0, 0.1) is 6.92 Å². The molecule has 0 atom stereocenters. The average molecular weight is 345 g/mol. The second-order valence-corrected chi connectivity index (χ2v) is 5.30. The number of ether oxygens (including phenoxy) is 1. The molecule has 19 heavy (non-hydrogen) atoms. The maximum absolute atomic E-state index is 5.90. The highest BCUT2D eigenvalue weighted by molar-refractivity contribution is 9.10. The highest BCUT2D eigenvalue weighted by Gasteiger charge is 2.13. The first kappa shape index (κ1) is 14.5. The van der Waals surface area contributed by atoms with E-state index in [-0.39, 0.29) is 0 Å². The minimum absolute atomic E-state index is 0.340. The molecule has 0 aliphatic rings. The van der Waals surface area contributed by atoms with Crippen LogP contribution in [0.5, 0.6) is 0 Å². The van der Waals surface area contributed by atoms with Crippen molar-refractivity contribution in [2.24, 2.45) is 0 Å². The smallest absolute Gasteiger partial charge is 0.164 e. The van der Waals surface area contributed by atoms with Crippen LogP contribution in [0.4, 0.5) is 0 Å². The Bertz CT molecular complexity index is 571. The zero-order valence-electron chi connectivity index (χ0n) is 10.9. The van der Waals surface area contributed by atoms with Crippen molar-refractivity contribution in [1.29, 1.82) is 0 Å². The lowest BCUT2D eigenvalue weighted by Crippen LogP contribution is -2.09. The van der Waals surface area contributed by atoms with Gasteiger partial charge in [0.25, 0.3) is 0 Å². The Morgan fingerprint density at radius 1 is 1.37 bits per heavy atom. The molecule has 0 fully saturated rings. The lowest BCUT2D eigenvalue weighted by molar-refractivity contribution is 0.187. The van der Waals surface area contributed by atoms with Gasteiger partial charge in [-0.2, -0.15) is 0 Å². The summed E-state index contributed by atoms with van der Waals surface area (Å²) >= 11 is 9.39. The molecule has 0 aliphatic carbocycles. The second-order valence-electron chi connectivity index (χ2n) is 4.18. The summed E-state index contributed by atoms with van der Waals surface area (Å²) in [7, 11) is 1.67. The Kier molecular flexibility index (Phi) is 4.96. The van der Waals surface area contributed by atoms with Gasteiger partial charge in [-0.25, -0.2) is 0 Å². The highest BCUT2D eigenvalue weighted by Crippen LogP contribution is 2.24. The quantitative estimate of drug-likeness (QED) is 0.781. The van der Waals surface area contributed by atoms with Gasteiger partial charge in [-0.1, -0.05) is 22.0 Å². The van der Waals surface area contributed by atoms with Crippen molar-refractivity contribution >= 4 is 27.5 Å². The lowest BCUT2D eigenvalue weighted by Gasteiger charge is -2.09. The van der Waals surface area contributed by atoms with E-state index in [9.17, 15) is 0 Å². The van der Waals surface area contributed by atoms with Crippen LogP contribution in [0.2, 0.25) is 0 Å². The molecule has 0 unspecified atom stereocenters. The molecule has 0 aliphatic heterocycles. The fraction of sp³-hybridized carbons (Fsp3) is 0.385. The maximum Gasteiger partial charge on any atom is 0.164 e. The summed E-state index contributed by atoms with van der Waals surface area (Å²) in [5, 5.41) is 8.37. The number of aryl methyl sites for hydroxylation is 1. The van der Waals surface area contributed by atoms with Gasteiger partial charge in [0.2, 0.25) is 0 Å². The third kappa shape index (κ3) is 3.16. The monoisotopic (exact) mass is 343 g/mol. The molecular weight excluding hydrogens is 330 g/mol.